The van der Waals surface area contributed by atoms with E-state index in [-0.39, 0.29) is 18.0 Å². The second-order valence-electron chi connectivity index (χ2n) is 8.97. The van der Waals surface area contributed by atoms with E-state index in [0.29, 0.717) is 30.6 Å². The van der Waals surface area contributed by atoms with Gasteiger partial charge in [0, 0.05) is 25.7 Å². The molecule has 0 spiro atoms. The van der Waals surface area contributed by atoms with Crippen LogP contribution >= 0.6 is 0 Å². The summed E-state index contributed by atoms with van der Waals surface area (Å²) in [7, 11) is -2.01. The third-order valence-electron chi connectivity index (χ3n) is 6.02. The van der Waals surface area contributed by atoms with E-state index in [2.05, 4.69) is 10.6 Å². The molecule has 0 bridgehead atoms. The molecule has 8 nitrogen and oxygen atoms in total. The Labute approximate surface area is 219 Å². The van der Waals surface area contributed by atoms with E-state index >= 15 is 0 Å². The highest BCUT2D eigenvalue weighted by Crippen LogP contribution is 2.19. The number of hydrogen-bond acceptors (Lipinski definition) is 6. The van der Waals surface area contributed by atoms with Crippen LogP contribution in [0.1, 0.15) is 34.8 Å². The van der Waals surface area contributed by atoms with Crippen molar-refractivity contribution in [3.05, 3.63) is 95.6 Å². The van der Waals surface area contributed by atoms with Gasteiger partial charge >= 0.3 is 0 Å². The van der Waals surface area contributed by atoms with Crippen molar-refractivity contribution in [2.45, 2.75) is 38.5 Å². The Kier molecular flexibility index (Phi) is 10.1. The number of aromatic hydroxyl groups is 1. The van der Waals surface area contributed by atoms with Gasteiger partial charge in [0.25, 0.3) is 5.91 Å². The van der Waals surface area contributed by atoms with Gasteiger partial charge < -0.3 is 20.8 Å². The third-order valence-corrected chi connectivity index (χ3v) is 7.99. The lowest BCUT2D eigenvalue weighted by molar-refractivity contribution is 0.0830. The lowest BCUT2D eigenvalue weighted by Gasteiger charge is -2.25. The fourth-order valence-electron chi connectivity index (χ4n) is 3.97. The van der Waals surface area contributed by atoms with Crippen LogP contribution in [0, 0.1) is 0 Å². The first kappa shape index (κ1) is 28.2. The number of benzene rings is 3. The van der Waals surface area contributed by atoms with E-state index in [4.69, 9.17) is 0 Å². The van der Waals surface area contributed by atoms with Crippen molar-refractivity contribution >= 4 is 21.6 Å². The predicted octanol–water partition coefficient (Wildman–Crippen LogP) is 3.06. The molecule has 1 amide bonds. The molecule has 0 heterocycles. The highest BCUT2D eigenvalue weighted by atomic mass is 32.2. The first-order valence-electron chi connectivity index (χ1n) is 12.3. The number of carbonyl (C=O) groups excluding carboxylic acids is 1. The molecule has 0 saturated carbocycles. The van der Waals surface area contributed by atoms with Crippen molar-refractivity contribution in [2.75, 3.05) is 23.7 Å². The molecule has 0 fully saturated rings. The number of hydrogen-bond donors (Lipinski definition) is 4. The molecule has 4 N–H and O–H groups in total. The van der Waals surface area contributed by atoms with Gasteiger partial charge in [-0.25, -0.2) is 8.42 Å². The summed E-state index contributed by atoms with van der Waals surface area (Å²) in [6.07, 6.45) is -0.00512. The van der Waals surface area contributed by atoms with Crippen molar-refractivity contribution in [3.8, 4) is 5.75 Å². The van der Waals surface area contributed by atoms with E-state index in [1.165, 1.54) is 17.4 Å². The summed E-state index contributed by atoms with van der Waals surface area (Å²) in [5, 5.41) is 26.7. The first-order valence-corrected chi connectivity index (χ1v) is 13.9. The molecule has 0 aromatic heterocycles. The van der Waals surface area contributed by atoms with Crippen molar-refractivity contribution in [1.29, 1.82) is 0 Å². The second kappa shape index (κ2) is 13.2. The summed E-state index contributed by atoms with van der Waals surface area (Å²) < 4.78 is 26.1. The Morgan fingerprint density at radius 3 is 2.38 bits per heavy atom. The van der Waals surface area contributed by atoms with E-state index in [1.54, 1.807) is 43.3 Å². The zero-order valence-electron chi connectivity index (χ0n) is 21.2. The topological polar surface area (TPSA) is 119 Å². The maximum atomic E-state index is 13.2. The molecule has 37 heavy (non-hydrogen) atoms. The third kappa shape index (κ3) is 8.31. The maximum Gasteiger partial charge on any atom is 0.251 e. The zero-order chi connectivity index (χ0) is 26.8. The van der Waals surface area contributed by atoms with Crippen molar-refractivity contribution < 1.29 is 23.4 Å². The molecule has 0 aliphatic heterocycles. The number of nitrogens with one attached hydrogen (secondary N) is 2. The summed E-state index contributed by atoms with van der Waals surface area (Å²) in [4.78, 5) is 13.2. The number of sulfonamides is 1. The molecular weight excluding hydrogens is 490 g/mol. The van der Waals surface area contributed by atoms with Gasteiger partial charge in [-0.3, -0.25) is 9.10 Å². The number of nitrogens with zero attached hydrogens (tertiary/aromatic N) is 1. The number of aliphatic hydroxyl groups excluding tert-OH is 1. The van der Waals surface area contributed by atoms with Crippen LogP contribution in [-0.4, -0.2) is 56.0 Å². The lowest BCUT2D eigenvalue weighted by Crippen LogP contribution is -2.48. The van der Waals surface area contributed by atoms with Crippen LogP contribution in [0.4, 0.5) is 5.69 Å². The Balaban J connectivity index is 1.72. The minimum atomic E-state index is -3.48. The molecule has 2 atom stereocenters. The van der Waals surface area contributed by atoms with Gasteiger partial charge in [-0.05, 0) is 54.3 Å². The number of rotatable bonds is 13. The van der Waals surface area contributed by atoms with Crippen molar-refractivity contribution in [1.82, 2.24) is 10.6 Å². The average molecular weight is 526 g/mol. The highest BCUT2D eigenvalue weighted by molar-refractivity contribution is 7.92. The number of carbonyl (C=O) groups is 1. The van der Waals surface area contributed by atoms with E-state index in [1.807, 2.05) is 36.4 Å². The summed E-state index contributed by atoms with van der Waals surface area (Å²) >= 11 is 0. The molecule has 0 radical (unpaired) electrons. The smallest absolute Gasteiger partial charge is 0.251 e. The first-order chi connectivity index (χ1) is 17.7. The number of phenols is 1. The molecule has 9 heteroatoms. The normalized spacial score (nSPS) is 13.1. The van der Waals surface area contributed by atoms with Gasteiger partial charge in [0.2, 0.25) is 10.0 Å². The fourth-order valence-corrected chi connectivity index (χ4v) is 5.20. The van der Waals surface area contributed by atoms with Crippen LogP contribution in [0.5, 0.6) is 5.75 Å². The molecule has 3 aromatic rings. The fraction of sp³-hybridized carbons (Fsp3) is 0.321. The van der Waals surface area contributed by atoms with E-state index < -0.39 is 28.1 Å². The van der Waals surface area contributed by atoms with Crippen LogP contribution in [-0.2, 0) is 23.0 Å². The quantitative estimate of drug-likeness (QED) is 0.272. The molecule has 0 aliphatic carbocycles. The van der Waals surface area contributed by atoms with Crippen molar-refractivity contribution in [3.63, 3.8) is 0 Å². The molecule has 0 saturated heterocycles. The summed E-state index contributed by atoms with van der Waals surface area (Å²) in [5.41, 5.74) is 2.52. The van der Waals surface area contributed by atoms with Crippen LogP contribution in [0.3, 0.4) is 0 Å². The van der Waals surface area contributed by atoms with Gasteiger partial charge in [-0.1, -0.05) is 55.5 Å². The van der Waals surface area contributed by atoms with Gasteiger partial charge in [-0.2, -0.15) is 0 Å². The number of aliphatic hydroxyl groups is 1. The molecule has 3 aromatic carbocycles. The molecule has 2 unspecified atom stereocenters. The predicted molar refractivity (Wildman–Crippen MR) is 146 cm³/mol. The number of amides is 1. The van der Waals surface area contributed by atoms with Crippen LogP contribution in [0.25, 0.3) is 0 Å². The van der Waals surface area contributed by atoms with E-state index in [0.717, 1.165) is 11.1 Å². The van der Waals surface area contributed by atoms with Gasteiger partial charge in [0.15, 0.2) is 0 Å². The standard InChI is InChI=1S/C28H35N3O5S/c1-3-15-37(35,36)31(2)24-13-8-12-23(18-24)28(34)30-26(17-21-9-5-4-6-10-21)27(33)20-29-19-22-11-7-14-25(32)16-22/h4-14,16,18,26-27,29,32-33H,3,15,17,19-20H2,1-2H3,(H,30,34). The van der Waals surface area contributed by atoms with Crippen LogP contribution < -0.4 is 14.9 Å². The Morgan fingerprint density at radius 1 is 0.973 bits per heavy atom. The Bertz CT molecular complexity index is 1270. The monoisotopic (exact) mass is 525 g/mol. The minimum absolute atomic E-state index is 0.0147. The maximum absolute atomic E-state index is 13.2. The number of anilines is 1. The lowest BCUT2D eigenvalue weighted by atomic mass is 10.00. The summed E-state index contributed by atoms with van der Waals surface area (Å²) in [6.45, 7) is 2.45. The summed E-state index contributed by atoms with van der Waals surface area (Å²) in [6, 6.07) is 22.3. The van der Waals surface area contributed by atoms with Crippen LogP contribution in [0.15, 0.2) is 78.9 Å². The molecule has 0 aliphatic rings. The van der Waals surface area contributed by atoms with E-state index in [9.17, 15) is 23.4 Å². The highest BCUT2D eigenvalue weighted by Gasteiger charge is 2.23. The number of phenolic OH excluding ortho intramolecular Hbond substituents is 1. The van der Waals surface area contributed by atoms with Gasteiger partial charge in [0.1, 0.15) is 5.75 Å². The zero-order valence-corrected chi connectivity index (χ0v) is 22.0. The minimum Gasteiger partial charge on any atom is -0.508 e. The average Bonchev–Trinajstić information content (AvgIpc) is 2.88. The van der Waals surface area contributed by atoms with Crippen LogP contribution in [0.2, 0.25) is 0 Å². The molecule has 3 rings (SSSR count). The molecule has 198 valence electrons. The Morgan fingerprint density at radius 2 is 1.68 bits per heavy atom. The summed E-state index contributed by atoms with van der Waals surface area (Å²) in [5.74, 6) is -0.221. The SMILES string of the molecule is CCCS(=O)(=O)N(C)c1cccc(C(=O)NC(Cc2ccccc2)C(O)CNCc2cccc(O)c2)c1. The van der Waals surface area contributed by atoms with Crippen molar-refractivity contribution in [2.24, 2.45) is 0 Å². The van der Waals surface area contributed by atoms with Gasteiger partial charge in [0.05, 0.1) is 23.6 Å². The largest absolute Gasteiger partial charge is 0.508 e. The second-order valence-corrected chi connectivity index (χ2v) is 11.1. The Hall–Kier alpha value is -3.40. The molecular formula is C28H35N3O5S. The van der Waals surface area contributed by atoms with Gasteiger partial charge in [-0.15, -0.1) is 0 Å².